The van der Waals surface area contributed by atoms with Crippen LogP contribution in [0.2, 0.25) is 5.02 Å². The summed E-state index contributed by atoms with van der Waals surface area (Å²) in [6.45, 7) is 7.70. The van der Waals surface area contributed by atoms with Crippen molar-refractivity contribution in [1.82, 2.24) is 15.0 Å². The number of aliphatic hydroxyl groups is 1. The minimum Gasteiger partial charge on any atom is -0.481 e. The van der Waals surface area contributed by atoms with E-state index >= 15 is 0 Å². The molecule has 0 amide bonds. The number of carbonyl (C=O) groups is 1. The number of carboxylic acid groups (broad SMARTS) is 1. The van der Waals surface area contributed by atoms with E-state index in [0.29, 0.717) is 40.9 Å². The van der Waals surface area contributed by atoms with Gasteiger partial charge in [-0.05, 0) is 67.9 Å². The number of carboxylic acids is 1. The van der Waals surface area contributed by atoms with Crippen molar-refractivity contribution >= 4 is 40.5 Å². The Kier molecular flexibility index (Phi) is 6.20. The largest absolute Gasteiger partial charge is 0.481 e. The fourth-order valence-electron chi connectivity index (χ4n) is 4.58. The van der Waals surface area contributed by atoms with Crippen LogP contribution in [0, 0.1) is 25.2 Å². The van der Waals surface area contributed by atoms with Gasteiger partial charge in [-0.2, -0.15) is 0 Å². The summed E-state index contributed by atoms with van der Waals surface area (Å²) in [5.41, 5.74) is 1.00. The average Bonchev–Trinajstić information content (AvgIpc) is 3.20. The molecule has 0 bridgehead atoms. The van der Waals surface area contributed by atoms with E-state index < -0.39 is 22.9 Å². The zero-order valence-corrected chi connectivity index (χ0v) is 20.6. The third-order valence-corrected chi connectivity index (χ3v) is 7.87. The van der Waals surface area contributed by atoms with Crippen LogP contribution in [0.5, 0.6) is 0 Å². The first-order chi connectivity index (χ1) is 15.5. The maximum absolute atomic E-state index is 11.6. The van der Waals surface area contributed by atoms with E-state index in [4.69, 9.17) is 16.6 Å². The monoisotopic (exact) mass is 486 g/mol. The number of hydrogen-bond acceptors (Lipinski definition) is 7. The highest BCUT2D eigenvalue weighted by Crippen LogP contribution is 2.50. The summed E-state index contributed by atoms with van der Waals surface area (Å²) in [7, 11) is 0. The van der Waals surface area contributed by atoms with Crippen LogP contribution in [0.25, 0.3) is 10.6 Å². The number of pyridine rings is 2. The quantitative estimate of drug-likeness (QED) is 0.423. The zero-order chi connectivity index (χ0) is 24.0. The van der Waals surface area contributed by atoms with Crippen LogP contribution in [-0.4, -0.2) is 31.1 Å². The number of anilines is 2. The smallest absolute Gasteiger partial charge is 0.307 e. The summed E-state index contributed by atoms with van der Waals surface area (Å²) in [6.07, 6.45) is 4.46. The first kappa shape index (κ1) is 23.6. The molecule has 7 nitrogen and oxygen atoms in total. The van der Waals surface area contributed by atoms with Crippen LogP contribution in [0.3, 0.4) is 0 Å². The van der Waals surface area contributed by atoms with Crippen LogP contribution >= 0.6 is 22.9 Å². The molecule has 3 aromatic rings. The first-order valence-corrected chi connectivity index (χ1v) is 12.0. The molecule has 3 N–H and O–H groups in total. The lowest BCUT2D eigenvalue weighted by atomic mass is 9.63. The summed E-state index contributed by atoms with van der Waals surface area (Å²) >= 11 is 7.47. The Hall–Kier alpha value is -2.55. The van der Waals surface area contributed by atoms with Gasteiger partial charge in [-0.1, -0.05) is 25.4 Å². The van der Waals surface area contributed by atoms with Crippen molar-refractivity contribution in [2.75, 3.05) is 5.32 Å². The molecule has 0 unspecified atom stereocenters. The van der Waals surface area contributed by atoms with Gasteiger partial charge in [0.1, 0.15) is 22.2 Å². The van der Waals surface area contributed by atoms with Gasteiger partial charge >= 0.3 is 5.97 Å². The van der Waals surface area contributed by atoms with Crippen molar-refractivity contribution in [3.63, 3.8) is 0 Å². The SMILES string of the molecule is Cc1cc(Nc2cc(C)c(Cl)cn2)nc(-c2cnc([C@@]3(O)CC[C@H](C(=O)O)C(C)(C)C3)s2)c1. The van der Waals surface area contributed by atoms with Crippen LogP contribution < -0.4 is 5.32 Å². The molecule has 0 saturated heterocycles. The van der Waals surface area contributed by atoms with Crippen molar-refractivity contribution in [1.29, 1.82) is 0 Å². The van der Waals surface area contributed by atoms with Gasteiger partial charge in [0, 0.05) is 12.4 Å². The molecule has 1 aliphatic carbocycles. The lowest BCUT2D eigenvalue weighted by Gasteiger charge is -2.44. The van der Waals surface area contributed by atoms with E-state index in [1.165, 1.54) is 11.3 Å². The number of halogens is 1. The van der Waals surface area contributed by atoms with E-state index in [2.05, 4.69) is 15.3 Å². The summed E-state index contributed by atoms with van der Waals surface area (Å²) < 4.78 is 0. The van der Waals surface area contributed by atoms with Crippen molar-refractivity contribution < 1.29 is 15.0 Å². The fraction of sp³-hybridized carbons (Fsp3) is 0.417. The standard InChI is InChI=1S/C24H27ClN4O3S/c1-13-7-17(28-20(8-13)29-19-9-14(2)16(25)10-26-19)18-11-27-22(33-18)24(32)6-5-15(21(30)31)23(3,4)12-24/h7-11,15,32H,5-6,12H2,1-4H3,(H,30,31)(H,26,28,29)/t15-,24-/m1/s1. The third-order valence-electron chi connectivity index (χ3n) is 6.27. The predicted molar refractivity (Wildman–Crippen MR) is 130 cm³/mol. The molecule has 0 spiro atoms. The van der Waals surface area contributed by atoms with Gasteiger partial charge in [0.2, 0.25) is 0 Å². The second-order valence-corrected chi connectivity index (χ2v) is 11.0. The normalized spacial score (nSPS) is 22.2. The molecule has 4 rings (SSSR count). The van der Waals surface area contributed by atoms with Crippen LogP contribution in [0.1, 0.15) is 49.2 Å². The third kappa shape index (κ3) is 4.88. The molecule has 3 heterocycles. The molecule has 3 aromatic heterocycles. The Morgan fingerprint density at radius 3 is 2.61 bits per heavy atom. The van der Waals surface area contributed by atoms with Crippen molar-refractivity contribution in [3.8, 4) is 10.6 Å². The molecule has 1 saturated carbocycles. The second kappa shape index (κ2) is 8.66. The van der Waals surface area contributed by atoms with Gasteiger partial charge in [-0.15, -0.1) is 11.3 Å². The van der Waals surface area contributed by atoms with E-state index in [9.17, 15) is 15.0 Å². The fourth-order valence-corrected chi connectivity index (χ4v) is 5.68. The first-order valence-electron chi connectivity index (χ1n) is 10.8. The Bertz CT molecular complexity index is 1210. The maximum Gasteiger partial charge on any atom is 0.307 e. The van der Waals surface area contributed by atoms with Gasteiger partial charge in [0.25, 0.3) is 0 Å². The maximum atomic E-state index is 11.6. The topological polar surface area (TPSA) is 108 Å². The van der Waals surface area contributed by atoms with Crippen molar-refractivity contribution in [3.05, 3.63) is 51.7 Å². The summed E-state index contributed by atoms with van der Waals surface area (Å²) in [5, 5.41) is 25.4. The highest BCUT2D eigenvalue weighted by molar-refractivity contribution is 7.15. The highest BCUT2D eigenvalue weighted by Gasteiger charge is 2.49. The molecule has 0 radical (unpaired) electrons. The highest BCUT2D eigenvalue weighted by atomic mass is 35.5. The van der Waals surface area contributed by atoms with Crippen molar-refractivity contribution in [2.24, 2.45) is 11.3 Å². The van der Waals surface area contributed by atoms with Crippen LogP contribution in [-0.2, 0) is 10.4 Å². The van der Waals surface area contributed by atoms with Gasteiger partial charge in [-0.25, -0.2) is 15.0 Å². The number of nitrogens with one attached hydrogen (secondary N) is 1. The summed E-state index contributed by atoms with van der Waals surface area (Å²) in [6, 6.07) is 5.76. The molecule has 1 aliphatic rings. The zero-order valence-electron chi connectivity index (χ0n) is 19.0. The Morgan fingerprint density at radius 1 is 1.18 bits per heavy atom. The number of hydrogen-bond donors (Lipinski definition) is 3. The lowest BCUT2D eigenvalue weighted by molar-refractivity contribution is -0.154. The van der Waals surface area contributed by atoms with E-state index in [1.54, 1.807) is 12.4 Å². The number of thiazole rings is 1. The second-order valence-electron chi connectivity index (χ2n) is 9.51. The number of rotatable bonds is 5. The van der Waals surface area contributed by atoms with Gasteiger partial charge in [0.15, 0.2) is 0 Å². The molecule has 0 aliphatic heterocycles. The van der Waals surface area contributed by atoms with E-state index in [-0.39, 0.29) is 0 Å². The van der Waals surface area contributed by atoms with Gasteiger partial charge in [0.05, 0.1) is 21.5 Å². The lowest BCUT2D eigenvalue weighted by Crippen LogP contribution is -2.44. The van der Waals surface area contributed by atoms with Gasteiger partial charge < -0.3 is 15.5 Å². The summed E-state index contributed by atoms with van der Waals surface area (Å²) in [4.78, 5) is 26.0. The number of aromatic nitrogens is 3. The molecular weight excluding hydrogens is 460 g/mol. The molecular formula is C24H27ClN4O3S. The molecule has 0 aromatic carbocycles. The Morgan fingerprint density at radius 2 is 1.94 bits per heavy atom. The molecule has 2 atom stereocenters. The number of aliphatic carboxylic acids is 1. The minimum atomic E-state index is -1.14. The van der Waals surface area contributed by atoms with E-state index in [0.717, 1.165) is 21.7 Å². The van der Waals surface area contributed by atoms with Crippen LogP contribution in [0.15, 0.2) is 30.6 Å². The summed E-state index contributed by atoms with van der Waals surface area (Å²) in [5.74, 6) is 0.0132. The number of nitrogens with zero attached hydrogens (tertiary/aromatic N) is 3. The van der Waals surface area contributed by atoms with Gasteiger partial charge in [-0.3, -0.25) is 4.79 Å². The molecule has 1 fully saturated rings. The van der Waals surface area contributed by atoms with Crippen molar-refractivity contribution in [2.45, 2.75) is 52.6 Å². The Balaban J connectivity index is 1.59. The average molecular weight is 487 g/mol. The predicted octanol–water partition coefficient (Wildman–Crippen LogP) is 5.71. The molecule has 174 valence electrons. The number of aryl methyl sites for hydroxylation is 2. The van der Waals surface area contributed by atoms with Crippen LogP contribution in [0.4, 0.5) is 11.6 Å². The molecule has 9 heteroatoms. The molecule has 33 heavy (non-hydrogen) atoms. The minimum absolute atomic E-state index is 0.347. The Labute approximate surface area is 201 Å². The van der Waals surface area contributed by atoms with E-state index in [1.807, 2.05) is 45.9 Å².